The summed E-state index contributed by atoms with van der Waals surface area (Å²) in [4.78, 5) is 18.7. The molecule has 1 aromatic rings. The van der Waals surface area contributed by atoms with Gasteiger partial charge in [-0.3, -0.25) is 4.79 Å². The second-order valence-corrected chi connectivity index (χ2v) is 10.3. The minimum atomic E-state index is -3.04. The van der Waals surface area contributed by atoms with Gasteiger partial charge in [0.05, 0.1) is 17.5 Å². The van der Waals surface area contributed by atoms with Crippen molar-refractivity contribution in [3.63, 3.8) is 0 Å². The molecule has 2 aliphatic heterocycles. The smallest absolute Gasteiger partial charge is 0.250 e. The molecule has 3 rings (SSSR count). The summed E-state index contributed by atoms with van der Waals surface area (Å²) < 4.78 is 24.2. The molecule has 7 heteroatoms. The maximum absolute atomic E-state index is 12.4. The van der Waals surface area contributed by atoms with Gasteiger partial charge >= 0.3 is 0 Å². The van der Waals surface area contributed by atoms with Crippen LogP contribution in [-0.2, 0) is 14.6 Å². The highest BCUT2D eigenvalue weighted by Gasteiger charge is 2.49. The lowest BCUT2D eigenvalue weighted by molar-refractivity contribution is -0.121. The van der Waals surface area contributed by atoms with E-state index >= 15 is 0 Å². The molecular weight excluding hydrogens is 356 g/mol. The van der Waals surface area contributed by atoms with Gasteiger partial charge in [0.25, 0.3) is 5.91 Å². The summed E-state index contributed by atoms with van der Waals surface area (Å²) in [5, 5.41) is 0.581. The second kappa shape index (κ2) is 6.76. The van der Waals surface area contributed by atoms with Crippen LogP contribution < -0.4 is 4.90 Å². The topological polar surface area (TPSA) is 66.8 Å². The van der Waals surface area contributed by atoms with E-state index in [1.54, 1.807) is 0 Å². The van der Waals surface area contributed by atoms with E-state index in [0.717, 1.165) is 23.2 Å². The average Bonchev–Trinajstić information content (AvgIpc) is 3.00. The minimum absolute atomic E-state index is 0.0617. The third-order valence-corrected chi connectivity index (χ3v) is 8.35. The van der Waals surface area contributed by atoms with Crippen molar-refractivity contribution in [2.75, 3.05) is 16.4 Å². The Bertz CT molecular complexity index is 833. The number of fused-ring (bicyclic) bond motifs is 1. The van der Waals surface area contributed by atoms with Crippen LogP contribution in [0.15, 0.2) is 23.2 Å². The molecule has 0 bridgehead atoms. The van der Waals surface area contributed by atoms with Crippen LogP contribution in [0.3, 0.4) is 0 Å². The number of nitrogens with zero attached hydrogens (tertiary/aromatic N) is 2. The highest BCUT2D eigenvalue weighted by atomic mass is 32.2. The minimum Gasteiger partial charge on any atom is -0.315 e. The lowest BCUT2D eigenvalue weighted by atomic mass is 10.1. The predicted molar refractivity (Wildman–Crippen MR) is 104 cm³/mol. The standard InChI is InChI=1S/C18H24N2O3S2/c1-5-11(2)17(21)19-18-20(14-8-6-7-12(3)13(14)4)15-9-25(22,23)10-16(15)24-18/h6-8,11,15-16H,5,9-10H2,1-4H3/t11-,15-,16+/m0/s1. The molecule has 0 saturated carbocycles. The van der Waals surface area contributed by atoms with E-state index < -0.39 is 9.84 Å². The highest BCUT2D eigenvalue weighted by Crippen LogP contribution is 2.42. The van der Waals surface area contributed by atoms with Crippen molar-refractivity contribution >= 4 is 38.4 Å². The Labute approximate surface area is 153 Å². The molecule has 136 valence electrons. The van der Waals surface area contributed by atoms with Gasteiger partial charge in [0.1, 0.15) is 0 Å². The summed E-state index contributed by atoms with van der Waals surface area (Å²) in [7, 11) is -3.04. The van der Waals surface area contributed by atoms with Gasteiger partial charge in [-0.25, -0.2) is 8.42 Å². The van der Waals surface area contributed by atoms with E-state index in [1.165, 1.54) is 11.8 Å². The molecule has 0 aromatic heterocycles. The first-order valence-electron chi connectivity index (χ1n) is 8.58. The monoisotopic (exact) mass is 380 g/mol. The van der Waals surface area contributed by atoms with Gasteiger partial charge in [0, 0.05) is 16.9 Å². The first-order chi connectivity index (χ1) is 11.7. The lowest BCUT2D eigenvalue weighted by Crippen LogP contribution is -2.38. The zero-order chi connectivity index (χ0) is 18.4. The zero-order valence-electron chi connectivity index (χ0n) is 15.0. The number of sulfone groups is 1. The molecule has 2 saturated heterocycles. The van der Waals surface area contributed by atoms with Gasteiger partial charge in [-0.05, 0) is 37.5 Å². The number of hydrogen-bond donors (Lipinski definition) is 0. The fraction of sp³-hybridized carbons (Fsp3) is 0.556. The van der Waals surface area contributed by atoms with Crippen LogP contribution in [0.4, 0.5) is 5.69 Å². The largest absolute Gasteiger partial charge is 0.315 e. The van der Waals surface area contributed by atoms with Gasteiger partial charge in [0.15, 0.2) is 15.0 Å². The first kappa shape index (κ1) is 18.5. The van der Waals surface area contributed by atoms with Crippen LogP contribution in [0.1, 0.15) is 31.4 Å². The van der Waals surface area contributed by atoms with E-state index in [2.05, 4.69) is 4.99 Å². The fourth-order valence-electron chi connectivity index (χ4n) is 3.22. The highest BCUT2D eigenvalue weighted by molar-refractivity contribution is 8.16. The Hall–Kier alpha value is -1.34. The molecule has 1 amide bonds. The molecule has 2 fully saturated rings. The Morgan fingerprint density at radius 3 is 2.76 bits per heavy atom. The van der Waals surface area contributed by atoms with E-state index in [9.17, 15) is 13.2 Å². The SMILES string of the molecule is CC[C@H](C)C(=O)N=C1S[C@@H]2CS(=O)(=O)C[C@@H]2N1c1cccc(C)c1C. The number of carbonyl (C=O) groups excluding carboxylic acids is 1. The second-order valence-electron chi connectivity index (χ2n) is 6.93. The zero-order valence-corrected chi connectivity index (χ0v) is 16.7. The van der Waals surface area contributed by atoms with Gasteiger partial charge in [-0.1, -0.05) is 37.7 Å². The number of hydrogen-bond acceptors (Lipinski definition) is 4. The molecule has 0 unspecified atom stereocenters. The van der Waals surface area contributed by atoms with Crippen molar-refractivity contribution in [1.29, 1.82) is 0 Å². The normalized spacial score (nSPS) is 27.5. The molecule has 0 radical (unpaired) electrons. The van der Waals surface area contributed by atoms with E-state index in [4.69, 9.17) is 0 Å². The number of benzene rings is 1. The number of thioether (sulfide) groups is 1. The van der Waals surface area contributed by atoms with Crippen molar-refractivity contribution in [3.8, 4) is 0 Å². The van der Waals surface area contributed by atoms with Crippen LogP contribution in [0.5, 0.6) is 0 Å². The molecule has 0 spiro atoms. The van der Waals surface area contributed by atoms with E-state index in [0.29, 0.717) is 5.17 Å². The third kappa shape index (κ3) is 3.49. The number of amidine groups is 1. The maximum atomic E-state index is 12.4. The molecular formula is C18H24N2O3S2. The van der Waals surface area contributed by atoms with Crippen molar-refractivity contribution in [3.05, 3.63) is 29.3 Å². The number of amides is 1. The molecule has 2 aliphatic rings. The number of aliphatic imine (C=N–C) groups is 1. The summed E-state index contributed by atoms with van der Waals surface area (Å²) in [6.45, 7) is 7.90. The number of carbonyl (C=O) groups is 1. The van der Waals surface area contributed by atoms with E-state index in [-0.39, 0.29) is 34.6 Å². The summed E-state index contributed by atoms with van der Waals surface area (Å²) in [5.41, 5.74) is 3.18. The third-order valence-electron chi connectivity index (χ3n) is 5.14. The Morgan fingerprint density at radius 2 is 2.08 bits per heavy atom. The van der Waals surface area contributed by atoms with Gasteiger partial charge in [0.2, 0.25) is 0 Å². The Morgan fingerprint density at radius 1 is 1.36 bits per heavy atom. The quantitative estimate of drug-likeness (QED) is 0.806. The molecule has 0 aliphatic carbocycles. The van der Waals surface area contributed by atoms with Crippen LogP contribution in [0.2, 0.25) is 0 Å². The molecule has 1 aromatic carbocycles. The Kier molecular flexibility index (Phi) is 4.99. The van der Waals surface area contributed by atoms with Gasteiger partial charge in [-0.2, -0.15) is 4.99 Å². The molecule has 3 atom stereocenters. The number of rotatable bonds is 3. The summed E-state index contributed by atoms with van der Waals surface area (Å²) in [6.07, 6.45) is 0.741. The Balaban J connectivity index is 2.06. The molecule has 0 N–H and O–H groups in total. The summed E-state index contributed by atoms with van der Waals surface area (Å²) in [5.74, 6) is 0.00956. The van der Waals surface area contributed by atoms with E-state index in [1.807, 2.05) is 50.8 Å². The molecule has 2 heterocycles. The van der Waals surface area contributed by atoms with Gasteiger partial charge in [-0.15, -0.1) is 0 Å². The lowest BCUT2D eigenvalue weighted by Gasteiger charge is -2.27. The number of anilines is 1. The maximum Gasteiger partial charge on any atom is 0.250 e. The van der Waals surface area contributed by atoms with Crippen LogP contribution in [0.25, 0.3) is 0 Å². The molecule has 5 nitrogen and oxygen atoms in total. The van der Waals surface area contributed by atoms with Crippen LogP contribution in [-0.4, -0.2) is 42.3 Å². The first-order valence-corrected chi connectivity index (χ1v) is 11.3. The fourth-order valence-corrected chi connectivity index (χ4v) is 7.13. The van der Waals surface area contributed by atoms with Crippen molar-refractivity contribution in [1.82, 2.24) is 0 Å². The van der Waals surface area contributed by atoms with Gasteiger partial charge < -0.3 is 4.90 Å². The van der Waals surface area contributed by atoms with Crippen molar-refractivity contribution in [2.45, 2.75) is 45.4 Å². The van der Waals surface area contributed by atoms with Crippen LogP contribution in [0, 0.1) is 19.8 Å². The van der Waals surface area contributed by atoms with Crippen LogP contribution >= 0.6 is 11.8 Å². The molecule has 25 heavy (non-hydrogen) atoms. The van der Waals surface area contributed by atoms with Crippen molar-refractivity contribution in [2.24, 2.45) is 10.9 Å². The summed E-state index contributed by atoms with van der Waals surface area (Å²) >= 11 is 1.43. The predicted octanol–water partition coefficient (Wildman–Crippen LogP) is 2.95. The average molecular weight is 381 g/mol. The van der Waals surface area contributed by atoms with Crippen molar-refractivity contribution < 1.29 is 13.2 Å². The summed E-state index contributed by atoms with van der Waals surface area (Å²) in [6, 6.07) is 5.83. The number of aryl methyl sites for hydroxylation is 1.